The van der Waals surface area contributed by atoms with Gasteiger partial charge in [0, 0.05) is 53.8 Å². The molecule has 262 valence electrons. The number of unbranched alkanes of at least 4 members (excludes halogenated alkanes) is 3. The van der Waals surface area contributed by atoms with Gasteiger partial charge in [0.05, 0.1) is 13.0 Å². The number of hydrogen-bond acceptors (Lipinski definition) is 7. The first-order valence-electron chi connectivity index (χ1n) is 17.8. The summed E-state index contributed by atoms with van der Waals surface area (Å²) in [6.45, 7) is 2.43. The number of carbonyl (C=O) groups excluding carboxylic acids is 2. The normalized spacial score (nSPS) is 16.4. The molecule has 2 heterocycles. The lowest BCUT2D eigenvalue weighted by molar-refractivity contribution is -0.114. The highest BCUT2D eigenvalue weighted by Gasteiger charge is 2.28. The number of rotatable bonds is 13. The molecule has 1 aliphatic carbocycles. The molecule has 0 spiro atoms. The van der Waals surface area contributed by atoms with Crippen molar-refractivity contribution in [2.24, 2.45) is 5.73 Å². The molecule has 0 fully saturated rings. The third-order valence-corrected chi connectivity index (χ3v) is 9.59. The summed E-state index contributed by atoms with van der Waals surface area (Å²) < 4.78 is 6.04. The van der Waals surface area contributed by atoms with Crippen LogP contribution in [0.15, 0.2) is 79.1 Å². The number of nitrogens with two attached hydrogens (primary N) is 1. The molecular weight excluding hydrogens is 638 g/mol. The molecule has 0 radical (unpaired) electrons. The van der Waals surface area contributed by atoms with Crippen LogP contribution >= 0.6 is 0 Å². The Morgan fingerprint density at radius 1 is 1.00 bits per heavy atom. The molecule has 2 aliphatic rings. The van der Waals surface area contributed by atoms with E-state index < -0.39 is 5.92 Å². The Morgan fingerprint density at radius 2 is 1.82 bits per heavy atom. The quantitative estimate of drug-likeness (QED) is 0.0558. The second-order valence-corrected chi connectivity index (χ2v) is 13.2. The number of phenolic OH excluding ortho intramolecular Hbond substituents is 2. The zero-order valence-corrected chi connectivity index (χ0v) is 29.0. The van der Waals surface area contributed by atoms with Crippen LogP contribution in [0.4, 0.5) is 0 Å². The van der Waals surface area contributed by atoms with Crippen LogP contribution in [-0.4, -0.2) is 33.4 Å². The van der Waals surface area contributed by atoms with Crippen molar-refractivity contribution < 1.29 is 24.5 Å². The average Bonchev–Trinajstić information content (AvgIpc) is 3.60. The summed E-state index contributed by atoms with van der Waals surface area (Å²) in [4.78, 5) is 29.3. The number of carbonyl (C=O) groups is 2. The molecule has 2 unspecified atom stereocenters. The molecule has 1 aromatic heterocycles. The van der Waals surface area contributed by atoms with Gasteiger partial charge in [0.25, 0.3) is 0 Å². The van der Waals surface area contributed by atoms with Crippen LogP contribution in [0.25, 0.3) is 6.08 Å². The van der Waals surface area contributed by atoms with Gasteiger partial charge >= 0.3 is 0 Å². The predicted octanol–water partition coefficient (Wildman–Crippen LogP) is 7.53. The van der Waals surface area contributed by atoms with E-state index in [2.05, 4.69) is 29.1 Å². The van der Waals surface area contributed by atoms with Crippen LogP contribution in [0.3, 0.4) is 0 Å². The molecule has 2 atom stereocenters. The first-order chi connectivity index (χ1) is 24.8. The Balaban J connectivity index is 1.21. The first kappa shape index (κ1) is 35.3. The van der Waals surface area contributed by atoms with Gasteiger partial charge in [0.1, 0.15) is 11.9 Å². The molecule has 0 amide bonds. The van der Waals surface area contributed by atoms with E-state index in [1.54, 1.807) is 36.5 Å². The number of Topliss-reactive ketones (excluding diaryl/α,β-unsaturated/α-hetero) is 1. The Kier molecular flexibility index (Phi) is 11.4. The third kappa shape index (κ3) is 8.62. The van der Waals surface area contributed by atoms with Gasteiger partial charge in [-0.1, -0.05) is 55.9 Å². The SMILES string of the molecule is CCCCCC=CC(=O)CCc1ccc(O)c(OCCc2ccc(O)c(C3CC(=O)c4cc[nH]c4CC#Cc4cc5c(cc43)C=CNC5N)c2)c1. The van der Waals surface area contributed by atoms with Crippen molar-refractivity contribution in [2.75, 3.05) is 6.61 Å². The second-order valence-electron chi connectivity index (χ2n) is 13.2. The van der Waals surface area contributed by atoms with E-state index in [1.165, 1.54) is 0 Å². The molecule has 6 N–H and O–H groups in total. The minimum absolute atomic E-state index is 0.0291. The van der Waals surface area contributed by atoms with Crippen molar-refractivity contribution in [3.8, 4) is 29.1 Å². The number of fused-ring (bicyclic) bond motifs is 3. The van der Waals surface area contributed by atoms with Gasteiger partial charge in [0.2, 0.25) is 0 Å². The Bertz CT molecular complexity index is 2030. The van der Waals surface area contributed by atoms with Crippen molar-refractivity contribution in [2.45, 2.75) is 76.8 Å². The number of nitrogens with one attached hydrogen (secondary N) is 2. The van der Waals surface area contributed by atoms with Gasteiger partial charge in [-0.25, -0.2) is 0 Å². The van der Waals surface area contributed by atoms with Gasteiger partial charge in [-0.2, -0.15) is 0 Å². The maximum atomic E-state index is 13.8. The topological polar surface area (TPSA) is 138 Å². The summed E-state index contributed by atoms with van der Waals surface area (Å²) in [6, 6.07) is 16.4. The summed E-state index contributed by atoms with van der Waals surface area (Å²) in [5.74, 6) is 6.62. The molecule has 6 rings (SSSR count). The van der Waals surface area contributed by atoms with Crippen molar-refractivity contribution in [1.29, 1.82) is 0 Å². The largest absolute Gasteiger partial charge is 0.508 e. The summed E-state index contributed by atoms with van der Waals surface area (Å²) >= 11 is 0. The van der Waals surface area contributed by atoms with E-state index in [0.29, 0.717) is 42.6 Å². The van der Waals surface area contributed by atoms with E-state index in [4.69, 9.17) is 10.5 Å². The summed E-state index contributed by atoms with van der Waals surface area (Å²) in [6.07, 6.45) is 15.1. The summed E-state index contributed by atoms with van der Waals surface area (Å²) in [5.41, 5.74) is 13.7. The van der Waals surface area contributed by atoms with Gasteiger partial charge in [-0.15, -0.1) is 0 Å². The van der Waals surface area contributed by atoms with E-state index in [-0.39, 0.29) is 42.3 Å². The van der Waals surface area contributed by atoms with Gasteiger partial charge in [0.15, 0.2) is 23.1 Å². The number of allylic oxidation sites excluding steroid dienone is 2. The van der Waals surface area contributed by atoms with Crippen LogP contribution in [0.2, 0.25) is 0 Å². The van der Waals surface area contributed by atoms with Gasteiger partial charge in [-0.3, -0.25) is 9.59 Å². The van der Waals surface area contributed by atoms with Crippen molar-refractivity contribution in [3.05, 3.63) is 129 Å². The number of aryl methyl sites for hydroxylation is 1. The highest BCUT2D eigenvalue weighted by molar-refractivity contribution is 5.98. The van der Waals surface area contributed by atoms with E-state index in [0.717, 1.165) is 64.8 Å². The molecule has 8 nitrogen and oxygen atoms in total. The van der Waals surface area contributed by atoms with Crippen LogP contribution in [0, 0.1) is 11.8 Å². The monoisotopic (exact) mass is 683 g/mol. The van der Waals surface area contributed by atoms with Crippen molar-refractivity contribution in [3.63, 3.8) is 0 Å². The third-order valence-electron chi connectivity index (χ3n) is 9.59. The minimum atomic E-state index is -0.483. The number of H-pyrrole nitrogens is 1. The van der Waals surface area contributed by atoms with Crippen molar-refractivity contribution in [1.82, 2.24) is 10.3 Å². The minimum Gasteiger partial charge on any atom is -0.508 e. The number of ether oxygens (including phenoxy) is 1. The smallest absolute Gasteiger partial charge is 0.165 e. The average molecular weight is 684 g/mol. The molecule has 8 heteroatoms. The molecular formula is C43H45N3O5. The number of aromatic nitrogens is 1. The van der Waals surface area contributed by atoms with Crippen molar-refractivity contribution >= 4 is 17.6 Å². The van der Waals surface area contributed by atoms with Crippen LogP contribution in [-0.2, 0) is 24.1 Å². The highest BCUT2D eigenvalue weighted by atomic mass is 16.5. The van der Waals surface area contributed by atoms with Crippen LogP contribution < -0.4 is 15.8 Å². The fourth-order valence-electron chi connectivity index (χ4n) is 6.74. The Morgan fingerprint density at radius 3 is 2.67 bits per heavy atom. The van der Waals surface area contributed by atoms with Crippen LogP contribution in [0.1, 0.15) is 113 Å². The second kappa shape index (κ2) is 16.5. The summed E-state index contributed by atoms with van der Waals surface area (Å²) in [7, 11) is 0. The zero-order chi connectivity index (χ0) is 35.7. The van der Waals surface area contributed by atoms with E-state index in [9.17, 15) is 19.8 Å². The fourth-order valence-corrected chi connectivity index (χ4v) is 6.74. The molecule has 4 aromatic rings. The lowest BCUT2D eigenvalue weighted by Crippen LogP contribution is -2.27. The lowest BCUT2D eigenvalue weighted by Gasteiger charge is -2.26. The van der Waals surface area contributed by atoms with Gasteiger partial charge < -0.3 is 31.0 Å². The first-order valence-corrected chi connectivity index (χ1v) is 17.8. The number of ketones is 2. The molecule has 0 saturated heterocycles. The zero-order valence-electron chi connectivity index (χ0n) is 29.0. The molecule has 3 aromatic carbocycles. The molecule has 0 bridgehead atoms. The standard InChI is InChI=1S/C43H45N3O5/c1-2-3-4-5-6-9-32(47)14-11-28-13-16-40(49)42(24-28)51-22-19-29-12-15-39(48)37(23-29)36-27-41(50)33-18-21-45-38(33)10-7-8-30-26-35-31(25-34(30)36)17-20-46-43(35)44/h6,9,12-13,15-18,20-21,23-26,36,43,45-46,48-49H,2-5,10-11,14,19,22,27,44H2,1H3. The Hall–Kier alpha value is -5.52. The predicted molar refractivity (Wildman–Crippen MR) is 200 cm³/mol. The lowest BCUT2D eigenvalue weighted by atomic mass is 9.80. The van der Waals surface area contributed by atoms with Gasteiger partial charge in [-0.05, 0) is 102 Å². The molecule has 0 saturated carbocycles. The number of benzene rings is 3. The van der Waals surface area contributed by atoms with E-state index >= 15 is 0 Å². The fraction of sp³-hybridized carbons (Fsp3) is 0.302. The Labute approximate surface area is 299 Å². The molecule has 1 aliphatic heterocycles. The number of phenols is 2. The van der Waals surface area contributed by atoms with E-state index in [1.807, 2.05) is 48.7 Å². The maximum Gasteiger partial charge on any atom is 0.165 e. The molecule has 51 heavy (non-hydrogen) atoms. The number of aromatic hydroxyl groups is 2. The summed E-state index contributed by atoms with van der Waals surface area (Å²) in [5, 5.41) is 24.9. The number of aromatic amines is 1. The maximum absolute atomic E-state index is 13.8. The van der Waals surface area contributed by atoms with Crippen LogP contribution in [0.5, 0.6) is 17.2 Å². The number of hydrogen-bond donors (Lipinski definition) is 5. The highest BCUT2D eigenvalue weighted by Crippen LogP contribution is 2.40.